The van der Waals surface area contributed by atoms with Gasteiger partial charge in [-0.1, -0.05) is 6.07 Å². The Kier molecular flexibility index (Phi) is 3.33. The molecule has 0 unspecified atom stereocenters. The monoisotopic (exact) mass is 265 g/mol. The summed E-state index contributed by atoms with van der Waals surface area (Å²) >= 11 is 0. The minimum atomic E-state index is -0.879. The summed E-state index contributed by atoms with van der Waals surface area (Å²) in [5.74, 6) is -2.05. The summed E-state index contributed by atoms with van der Waals surface area (Å²) in [6.07, 6.45) is 0. The van der Waals surface area contributed by atoms with Crippen LogP contribution < -0.4 is 5.32 Å². The van der Waals surface area contributed by atoms with E-state index in [0.717, 1.165) is 12.1 Å². The number of carbonyl (C=O) groups excluding carboxylic acids is 1. The molecule has 0 aliphatic heterocycles. The van der Waals surface area contributed by atoms with Crippen LogP contribution in [0.1, 0.15) is 21.6 Å². The maximum Gasteiger partial charge on any atom is 0.204 e. The molecular weight excluding hydrogens is 252 g/mol. The topological polar surface area (TPSA) is 46.9 Å². The van der Waals surface area contributed by atoms with Gasteiger partial charge in [-0.3, -0.25) is 9.48 Å². The fourth-order valence-electron chi connectivity index (χ4n) is 2.06. The molecule has 6 heteroatoms. The van der Waals surface area contributed by atoms with Crippen molar-refractivity contribution in [2.45, 2.75) is 6.92 Å². The Bertz CT molecular complexity index is 629. The van der Waals surface area contributed by atoms with Crippen LogP contribution in [0.4, 0.5) is 14.6 Å². The van der Waals surface area contributed by atoms with Crippen LogP contribution in [-0.4, -0.2) is 22.6 Å². The Labute approximate surface area is 109 Å². The number of halogens is 2. The SMILES string of the molecule is CNc1c(C(=O)c2c(F)cccc2F)c(C)nn1C. The van der Waals surface area contributed by atoms with Crippen molar-refractivity contribution >= 4 is 11.6 Å². The Morgan fingerprint density at radius 2 is 1.84 bits per heavy atom. The van der Waals surface area contributed by atoms with Crippen molar-refractivity contribution in [2.24, 2.45) is 7.05 Å². The zero-order valence-electron chi connectivity index (χ0n) is 10.8. The van der Waals surface area contributed by atoms with E-state index >= 15 is 0 Å². The van der Waals surface area contributed by atoms with Crippen LogP contribution in [0.3, 0.4) is 0 Å². The van der Waals surface area contributed by atoms with Crippen molar-refractivity contribution in [3.63, 3.8) is 0 Å². The van der Waals surface area contributed by atoms with E-state index in [4.69, 9.17) is 0 Å². The average Bonchev–Trinajstić information content (AvgIpc) is 2.62. The van der Waals surface area contributed by atoms with E-state index in [1.54, 1.807) is 21.0 Å². The summed E-state index contributed by atoms with van der Waals surface area (Å²) in [5.41, 5.74) is 0.0311. The molecule has 2 aromatic rings. The van der Waals surface area contributed by atoms with Gasteiger partial charge in [-0.25, -0.2) is 8.78 Å². The summed E-state index contributed by atoms with van der Waals surface area (Å²) in [7, 11) is 3.26. The fourth-order valence-corrected chi connectivity index (χ4v) is 2.06. The number of hydrogen-bond acceptors (Lipinski definition) is 3. The zero-order chi connectivity index (χ0) is 14.2. The number of rotatable bonds is 3. The smallest absolute Gasteiger partial charge is 0.204 e. The van der Waals surface area contributed by atoms with Gasteiger partial charge in [0, 0.05) is 14.1 Å². The molecule has 0 bridgehead atoms. The van der Waals surface area contributed by atoms with Gasteiger partial charge in [0.1, 0.15) is 17.5 Å². The minimum Gasteiger partial charge on any atom is -0.373 e. The molecule has 4 nitrogen and oxygen atoms in total. The standard InChI is InChI=1S/C13H13F2N3O/c1-7-10(13(16-2)18(3)17-7)12(19)11-8(14)5-4-6-9(11)15/h4-6,16H,1-3H3. The highest BCUT2D eigenvalue weighted by atomic mass is 19.1. The third kappa shape index (κ3) is 2.09. The van der Waals surface area contributed by atoms with Gasteiger partial charge in [-0.05, 0) is 19.1 Å². The van der Waals surface area contributed by atoms with Crippen LogP contribution in [0.5, 0.6) is 0 Å². The van der Waals surface area contributed by atoms with E-state index in [1.165, 1.54) is 10.7 Å². The van der Waals surface area contributed by atoms with E-state index in [9.17, 15) is 13.6 Å². The normalized spacial score (nSPS) is 10.6. The van der Waals surface area contributed by atoms with E-state index in [2.05, 4.69) is 10.4 Å². The number of benzene rings is 1. The quantitative estimate of drug-likeness (QED) is 0.866. The molecule has 0 amide bonds. The molecule has 0 saturated heterocycles. The lowest BCUT2D eigenvalue weighted by molar-refractivity contribution is 0.103. The van der Waals surface area contributed by atoms with Crippen molar-refractivity contribution in [3.05, 3.63) is 46.7 Å². The fraction of sp³-hybridized carbons (Fsp3) is 0.231. The number of nitrogens with zero attached hydrogens (tertiary/aromatic N) is 2. The van der Waals surface area contributed by atoms with E-state index < -0.39 is 23.0 Å². The van der Waals surface area contributed by atoms with Gasteiger partial charge >= 0.3 is 0 Å². The molecule has 0 aliphatic carbocycles. The summed E-state index contributed by atoms with van der Waals surface area (Å²) in [5, 5.41) is 6.89. The molecule has 0 fully saturated rings. The van der Waals surface area contributed by atoms with Crippen LogP contribution in [0.2, 0.25) is 0 Å². The van der Waals surface area contributed by atoms with Gasteiger partial charge < -0.3 is 5.32 Å². The summed E-state index contributed by atoms with van der Waals surface area (Å²) < 4.78 is 28.8. The van der Waals surface area contributed by atoms with Crippen LogP contribution in [0, 0.1) is 18.6 Å². The van der Waals surface area contributed by atoms with Crippen LogP contribution in [0.25, 0.3) is 0 Å². The second kappa shape index (κ2) is 4.79. The molecule has 1 heterocycles. The zero-order valence-corrected chi connectivity index (χ0v) is 10.8. The first-order valence-corrected chi connectivity index (χ1v) is 5.67. The molecule has 1 aromatic heterocycles. The second-order valence-corrected chi connectivity index (χ2v) is 4.11. The van der Waals surface area contributed by atoms with Crippen molar-refractivity contribution in [1.29, 1.82) is 0 Å². The minimum absolute atomic E-state index is 0.175. The van der Waals surface area contributed by atoms with Gasteiger partial charge in [0.05, 0.1) is 16.8 Å². The Morgan fingerprint density at radius 3 is 2.37 bits per heavy atom. The third-order valence-corrected chi connectivity index (χ3v) is 2.88. The molecule has 0 aliphatic rings. The van der Waals surface area contributed by atoms with Gasteiger partial charge in [0.15, 0.2) is 0 Å². The maximum absolute atomic E-state index is 13.7. The predicted octanol–water partition coefficient (Wildman–Crippen LogP) is 2.28. The van der Waals surface area contributed by atoms with E-state index in [0.29, 0.717) is 11.5 Å². The molecule has 19 heavy (non-hydrogen) atoms. The second-order valence-electron chi connectivity index (χ2n) is 4.11. The number of carbonyl (C=O) groups is 1. The first-order chi connectivity index (χ1) is 8.97. The molecule has 0 atom stereocenters. The Balaban J connectivity index is 2.63. The highest BCUT2D eigenvalue weighted by Gasteiger charge is 2.25. The molecule has 1 aromatic carbocycles. The number of ketones is 1. The molecule has 0 saturated carbocycles. The Morgan fingerprint density at radius 1 is 1.26 bits per heavy atom. The number of aromatic nitrogens is 2. The Hall–Kier alpha value is -2.24. The van der Waals surface area contributed by atoms with Gasteiger partial charge in [0.2, 0.25) is 5.78 Å². The lowest BCUT2D eigenvalue weighted by Gasteiger charge is -2.06. The van der Waals surface area contributed by atoms with Gasteiger partial charge in [0.25, 0.3) is 0 Å². The number of aryl methyl sites for hydroxylation is 2. The first-order valence-electron chi connectivity index (χ1n) is 5.67. The van der Waals surface area contributed by atoms with Crippen molar-refractivity contribution < 1.29 is 13.6 Å². The van der Waals surface area contributed by atoms with Crippen molar-refractivity contribution in [3.8, 4) is 0 Å². The number of hydrogen-bond donors (Lipinski definition) is 1. The summed E-state index contributed by atoms with van der Waals surface area (Å²) in [6.45, 7) is 1.62. The molecule has 0 radical (unpaired) electrons. The number of anilines is 1. The first kappa shape index (κ1) is 13.2. The summed E-state index contributed by atoms with van der Waals surface area (Å²) in [4.78, 5) is 12.3. The molecule has 100 valence electrons. The highest BCUT2D eigenvalue weighted by Crippen LogP contribution is 2.24. The largest absolute Gasteiger partial charge is 0.373 e. The van der Waals surface area contributed by atoms with E-state index in [1.807, 2.05) is 0 Å². The molecule has 1 N–H and O–H groups in total. The molecule has 0 spiro atoms. The van der Waals surface area contributed by atoms with Crippen LogP contribution in [0.15, 0.2) is 18.2 Å². The molecular formula is C13H13F2N3O. The van der Waals surface area contributed by atoms with Crippen molar-refractivity contribution in [2.75, 3.05) is 12.4 Å². The molecule has 2 rings (SSSR count). The van der Waals surface area contributed by atoms with E-state index in [-0.39, 0.29) is 5.56 Å². The van der Waals surface area contributed by atoms with Crippen LogP contribution in [-0.2, 0) is 7.05 Å². The van der Waals surface area contributed by atoms with Crippen LogP contribution >= 0.6 is 0 Å². The highest BCUT2D eigenvalue weighted by molar-refractivity contribution is 6.13. The number of nitrogens with one attached hydrogen (secondary N) is 1. The average molecular weight is 265 g/mol. The van der Waals surface area contributed by atoms with Gasteiger partial charge in [-0.2, -0.15) is 5.10 Å². The lowest BCUT2D eigenvalue weighted by Crippen LogP contribution is -2.11. The lowest BCUT2D eigenvalue weighted by atomic mass is 10.0. The third-order valence-electron chi connectivity index (χ3n) is 2.88. The maximum atomic E-state index is 13.7. The summed E-state index contributed by atoms with van der Waals surface area (Å²) in [6, 6.07) is 3.33. The predicted molar refractivity (Wildman–Crippen MR) is 67.3 cm³/mol. The van der Waals surface area contributed by atoms with Crippen molar-refractivity contribution in [1.82, 2.24) is 9.78 Å². The van der Waals surface area contributed by atoms with Gasteiger partial charge in [-0.15, -0.1) is 0 Å².